The van der Waals surface area contributed by atoms with Crippen molar-refractivity contribution in [3.63, 3.8) is 0 Å². The fourth-order valence-electron chi connectivity index (χ4n) is 3.18. The number of fused-ring (bicyclic) bond motifs is 1. The molecular formula is C24H27N3O. The van der Waals surface area contributed by atoms with Gasteiger partial charge in [0.05, 0.1) is 23.2 Å². The number of ether oxygens (including phenoxy) is 1. The zero-order chi connectivity index (χ0) is 19.8. The highest BCUT2D eigenvalue weighted by molar-refractivity contribution is 5.91. The van der Waals surface area contributed by atoms with Gasteiger partial charge in [-0.2, -0.15) is 5.26 Å². The number of H-pyrrole nitrogens is 1. The molecule has 4 nitrogen and oxygen atoms in total. The van der Waals surface area contributed by atoms with E-state index in [1.807, 2.05) is 55.5 Å². The molecule has 4 heteroatoms. The molecule has 0 unspecified atom stereocenters. The smallest absolute Gasteiger partial charge is 0.149 e. The molecule has 144 valence electrons. The van der Waals surface area contributed by atoms with Crippen molar-refractivity contribution >= 4 is 22.7 Å². The van der Waals surface area contributed by atoms with Gasteiger partial charge in [-0.05, 0) is 43.2 Å². The van der Waals surface area contributed by atoms with E-state index < -0.39 is 0 Å². The first kappa shape index (κ1) is 19.7. The van der Waals surface area contributed by atoms with Crippen LogP contribution in [0.25, 0.3) is 22.7 Å². The van der Waals surface area contributed by atoms with E-state index in [0.29, 0.717) is 18.0 Å². The summed E-state index contributed by atoms with van der Waals surface area (Å²) in [5.74, 6) is 1.38. The van der Waals surface area contributed by atoms with Crippen LogP contribution in [0.3, 0.4) is 0 Å². The Morgan fingerprint density at radius 2 is 1.96 bits per heavy atom. The van der Waals surface area contributed by atoms with E-state index in [1.54, 1.807) is 0 Å². The number of imidazole rings is 1. The molecule has 0 bridgehead atoms. The fourth-order valence-corrected chi connectivity index (χ4v) is 3.18. The van der Waals surface area contributed by atoms with Crippen molar-refractivity contribution < 1.29 is 4.74 Å². The highest BCUT2D eigenvalue weighted by Gasteiger charge is 2.10. The van der Waals surface area contributed by atoms with E-state index in [1.165, 1.54) is 25.7 Å². The lowest BCUT2D eigenvalue weighted by Gasteiger charge is -2.09. The van der Waals surface area contributed by atoms with Crippen LogP contribution in [-0.4, -0.2) is 16.6 Å². The lowest BCUT2D eigenvalue weighted by molar-refractivity contribution is 0.304. The van der Waals surface area contributed by atoms with Gasteiger partial charge in [0.15, 0.2) is 0 Å². The lowest BCUT2D eigenvalue weighted by atomic mass is 10.1. The van der Waals surface area contributed by atoms with Crippen LogP contribution in [0.4, 0.5) is 0 Å². The highest BCUT2D eigenvalue weighted by Crippen LogP contribution is 2.25. The minimum Gasteiger partial charge on any atom is -0.493 e. The molecule has 0 aliphatic heterocycles. The number of aryl methyl sites for hydroxylation is 1. The number of nitriles is 1. The van der Waals surface area contributed by atoms with E-state index in [-0.39, 0.29) is 0 Å². The van der Waals surface area contributed by atoms with E-state index >= 15 is 0 Å². The summed E-state index contributed by atoms with van der Waals surface area (Å²) >= 11 is 0. The van der Waals surface area contributed by atoms with Crippen molar-refractivity contribution in [2.24, 2.45) is 0 Å². The van der Waals surface area contributed by atoms with E-state index in [2.05, 4.69) is 23.0 Å². The van der Waals surface area contributed by atoms with Crippen LogP contribution in [0.2, 0.25) is 0 Å². The van der Waals surface area contributed by atoms with Gasteiger partial charge in [0.2, 0.25) is 0 Å². The number of unbranched alkanes of at least 4 members (excludes halogenated alkanes) is 4. The van der Waals surface area contributed by atoms with E-state index in [9.17, 15) is 5.26 Å². The molecule has 1 heterocycles. The predicted molar refractivity (Wildman–Crippen MR) is 115 cm³/mol. The standard InChI is InChI=1S/C24H27N3O/c1-3-4-5-6-9-14-28-23-11-8-7-10-19(23)16-20(17-25)24-26-21-13-12-18(2)15-22(21)27-24/h7-8,10-13,15-16H,3-6,9,14H2,1-2H3,(H,26,27)/b20-16-. The quantitative estimate of drug-likeness (QED) is 0.354. The third-order valence-electron chi connectivity index (χ3n) is 4.74. The zero-order valence-electron chi connectivity index (χ0n) is 16.7. The molecule has 0 aliphatic carbocycles. The van der Waals surface area contributed by atoms with Gasteiger partial charge in [-0.15, -0.1) is 0 Å². The molecule has 0 radical (unpaired) electrons. The van der Waals surface area contributed by atoms with Crippen LogP contribution in [0.1, 0.15) is 56.0 Å². The Balaban J connectivity index is 1.77. The van der Waals surface area contributed by atoms with Crippen molar-refractivity contribution in [1.29, 1.82) is 5.26 Å². The van der Waals surface area contributed by atoms with Gasteiger partial charge >= 0.3 is 0 Å². The van der Waals surface area contributed by atoms with Crippen molar-refractivity contribution in [1.82, 2.24) is 9.97 Å². The van der Waals surface area contributed by atoms with E-state index in [4.69, 9.17) is 4.74 Å². The molecule has 0 fully saturated rings. The minimum absolute atomic E-state index is 0.493. The number of allylic oxidation sites excluding steroid dienone is 1. The highest BCUT2D eigenvalue weighted by atomic mass is 16.5. The molecule has 0 atom stereocenters. The number of rotatable bonds is 9. The fraction of sp³-hybridized carbons (Fsp3) is 0.333. The number of hydrogen-bond acceptors (Lipinski definition) is 3. The van der Waals surface area contributed by atoms with Crippen LogP contribution >= 0.6 is 0 Å². The largest absolute Gasteiger partial charge is 0.493 e. The molecule has 0 saturated heterocycles. The third kappa shape index (κ3) is 5.01. The predicted octanol–water partition coefficient (Wildman–Crippen LogP) is 6.28. The van der Waals surface area contributed by atoms with Gasteiger partial charge in [0.1, 0.15) is 17.6 Å². The van der Waals surface area contributed by atoms with Crippen molar-refractivity contribution in [3.05, 3.63) is 59.4 Å². The maximum Gasteiger partial charge on any atom is 0.149 e. The lowest BCUT2D eigenvalue weighted by Crippen LogP contribution is -1.99. The number of nitrogens with one attached hydrogen (secondary N) is 1. The summed E-state index contributed by atoms with van der Waals surface area (Å²) in [5, 5.41) is 9.69. The van der Waals surface area contributed by atoms with Crippen LogP contribution in [0.15, 0.2) is 42.5 Å². The molecule has 0 amide bonds. The first-order valence-corrected chi connectivity index (χ1v) is 10.0. The second kappa shape index (κ2) is 9.75. The molecule has 0 saturated carbocycles. The monoisotopic (exact) mass is 373 g/mol. The van der Waals surface area contributed by atoms with Crippen molar-refractivity contribution in [3.8, 4) is 11.8 Å². The Morgan fingerprint density at radius 3 is 2.79 bits per heavy atom. The number of para-hydroxylation sites is 1. The van der Waals surface area contributed by atoms with Gasteiger partial charge in [0.25, 0.3) is 0 Å². The number of benzene rings is 2. The van der Waals surface area contributed by atoms with Gasteiger partial charge in [-0.1, -0.05) is 56.9 Å². The zero-order valence-corrected chi connectivity index (χ0v) is 16.7. The summed E-state index contributed by atoms with van der Waals surface area (Å²) in [6.07, 6.45) is 7.86. The summed E-state index contributed by atoms with van der Waals surface area (Å²) in [6.45, 7) is 4.95. The molecule has 1 aromatic heterocycles. The summed E-state index contributed by atoms with van der Waals surface area (Å²) in [6, 6.07) is 16.1. The van der Waals surface area contributed by atoms with Gasteiger partial charge in [-0.25, -0.2) is 4.98 Å². The maximum absolute atomic E-state index is 9.69. The SMILES string of the molecule is CCCCCCCOc1ccccc1/C=C(/C#N)c1nc2ccc(C)cc2[nH]1. The Hall–Kier alpha value is -3.06. The number of nitrogens with zero attached hydrogens (tertiary/aromatic N) is 2. The molecule has 3 aromatic rings. The summed E-state index contributed by atoms with van der Waals surface area (Å²) in [7, 11) is 0. The first-order chi connectivity index (χ1) is 13.7. The first-order valence-electron chi connectivity index (χ1n) is 10.0. The molecule has 0 aliphatic rings. The van der Waals surface area contributed by atoms with Gasteiger partial charge in [0, 0.05) is 5.56 Å². The number of aromatic nitrogens is 2. The van der Waals surface area contributed by atoms with Crippen LogP contribution < -0.4 is 4.74 Å². The molecule has 28 heavy (non-hydrogen) atoms. The van der Waals surface area contributed by atoms with Crippen LogP contribution in [0, 0.1) is 18.3 Å². The summed E-state index contributed by atoms with van der Waals surface area (Å²) < 4.78 is 5.99. The average Bonchev–Trinajstić information content (AvgIpc) is 3.12. The van der Waals surface area contributed by atoms with E-state index in [0.717, 1.165) is 34.3 Å². The van der Waals surface area contributed by atoms with Crippen LogP contribution in [0.5, 0.6) is 5.75 Å². The summed E-state index contributed by atoms with van der Waals surface area (Å²) in [5.41, 5.74) is 4.34. The Bertz CT molecular complexity index is 994. The van der Waals surface area contributed by atoms with Crippen LogP contribution in [-0.2, 0) is 0 Å². The summed E-state index contributed by atoms with van der Waals surface area (Å²) in [4.78, 5) is 7.82. The topological polar surface area (TPSA) is 61.7 Å². The second-order valence-electron chi connectivity index (χ2n) is 7.08. The molecule has 1 N–H and O–H groups in total. The second-order valence-corrected chi connectivity index (χ2v) is 7.08. The molecule has 0 spiro atoms. The Kier molecular flexibility index (Phi) is 6.86. The normalized spacial score (nSPS) is 11.5. The average molecular weight is 374 g/mol. The Labute approximate surface area is 166 Å². The van der Waals surface area contributed by atoms with Gasteiger partial charge < -0.3 is 9.72 Å². The molecule has 3 rings (SSSR count). The third-order valence-corrected chi connectivity index (χ3v) is 4.74. The van der Waals surface area contributed by atoms with Gasteiger partial charge in [-0.3, -0.25) is 0 Å². The maximum atomic E-state index is 9.69. The molecular weight excluding hydrogens is 346 g/mol. The Morgan fingerprint density at radius 1 is 1.14 bits per heavy atom. The number of hydrogen-bond donors (Lipinski definition) is 1. The molecule has 2 aromatic carbocycles. The number of aromatic amines is 1. The van der Waals surface area contributed by atoms with Crippen molar-refractivity contribution in [2.45, 2.75) is 46.0 Å². The minimum atomic E-state index is 0.493. The van der Waals surface area contributed by atoms with Crippen molar-refractivity contribution in [2.75, 3.05) is 6.61 Å².